The maximum absolute atomic E-state index is 12.3. The lowest BCUT2D eigenvalue weighted by atomic mass is 10.1. The quantitative estimate of drug-likeness (QED) is 0.469. The summed E-state index contributed by atoms with van der Waals surface area (Å²) in [5.41, 5.74) is 0.408. The molecule has 0 saturated heterocycles. The highest BCUT2D eigenvalue weighted by Gasteiger charge is 2.32. The first kappa shape index (κ1) is 13.1. The Morgan fingerprint density at radius 3 is 2.00 bits per heavy atom. The molecular formula is C8H5Cl2F3N2O. The smallest absolute Gasteiger partial charge is 0.290 e. The summed E-state index contributed by atoms with van der Waals surface area (Å²) in [6, 6.07) is 1.22. The fourth-order valence-electron chi connectivity index (χ4n) is 1.03. The number of halogens is 5. The number of hydrogen-bond donors (Lipinski definition) is 2. The fourth-order valence-corrected chi connectivity index (χ4v) is 1.68. The number of nitrogen functional groups attached to an aromatic ring is 1. The minimum atomic E-state index is -4.58. The number of hydrogen-bond acceptors (Lipinski definition) is 2. The Kier molecular flexibility index (Phi) is 3.67. The standard InChI is InChI=1S/C8H5Cl2F3N2O/c9-4-1-3(8(11,12)13)2-5(10)6(4)7(16)15-14/h1-2H,14H2,(H,15,16). The third-order valence-electron chi connectivity index (χ3n) is 1.73. The highest BCUT2D eigenvalue weighted by atomic mass is 35.5. The van der Waals surface area contributed by atoms with Crippen LogP contribution in [0.15, 0.2) is 12.1 Å². The fraction of sp³-hybridized carbons (Fsp3) is 0.125. The lowest BCUT2D eigenvalue weighted by Gasteiger charge is -2.11. The Morgan fingerprint density at radius 2 is 1.69 bits per heavy atom. The maximum Gasteiger partial charge on any atom is 0.416 e. The first-order chi connectivity index (χ1) is 7.27. The zero-order chi connectivity index (χ0) is 12.5. The van der Waals surface area contributed by atoms with Crippen molar-refractivity contribution in [2.24, 2.45) is 5.84 Å². The second kappa shape index (κ2) is 4.48. The Hall–Kier alpha value is -0.980. The van der Waals surface area contributed by atoms with Crippen LogP contribution in [0.4, 0.5) is 13.2 Å². The first-order valence-corrected chi connectivity index (χ1v) is 4.60. The van der Waals surface area contributed by atoms with Gasteiger partial charge >= 0.3 is 6.18 Å². The molecule has 0 aliphatic rings. The normalized spacial score (nSPS) is 11.4. The summed E-state index contributed by atoms with van der Waals surface area (Å²) in [4.78, 5) is 11.1. The van der Waals surface area contributed by atoms with Crippen LogP contribution in [0.25, 0.3) is 0 Å². The summed E-state index contributed by atoms with van der Waals surface area (Å²) in [6.07, 6.45) is -4.58. The molecule has 3 N–H and O–H groups in total. The van der Waals surface area contributed by atoms with Gasteiger partial charge in [-0.3, -0.25) is 10.2 Å². The van der Waals surface area contributed by atoms with Crippen molar-refractivity contribution in [3.05, 3.63) is 33.3 Å². The van der Waals surface area contributed by atoms with Crippen molar-refractivity contribution in [1.29, 1.82) is 0 Å². The lowest BCUT2D eigenvalue weighted by Crippen LogP contribution is -2.30. The van der Waals surface area contributed by atoms with E-state index in [1.165, 1.54) is 0 Å². The number of rotatable bonds is 1. The van der Waals surface area contributed by atoms with Crippen molar-refractivity contribution >= 4 is 29.1 Å². The van der Waals surface area contributed by atoms with Gasteiger partial charge in [0.2, 0.25) is 0 Å². The van der Waals surface area contributed by atoms with E-state index >= 15 is 0 Å². The van der Waals surface area contributed by atoms with Crippen molar-refractivity contribution in [1.82, 2.24) is 5.43 Å². The molecule has 88 valence electrons. The Morgan fingerprint density at radius 1 is 1.25 bits per heavy atom. The molecule has 1 aromatic rings. The van der Waals surface area contributed by atoms with E-state index in [4.69, 9.17) is 29.0 Å². The number of nitrogens with two attached hydrogens (primary N) is 1. The molecule has 0 unspecified atom stereocenters. The molecule has 8 heteroatoms. The summed E-state index contributed by atoms with van der Waals surface area (Å²) in [7, 11) is 0. The van der Waals surface area contributed by atoms with Gasteiger partial charge in [0.15, 0.2) is 0 Å². The van der Waals surface area contributed by atoms with Crippen LogP contribution in [0.2, 0.25) is 10.0 Å². The Labute approximate surface area is 98.3 Å². The number of carbonyl (C=O) groups is 1. The molecule has 0 bridgehead atoms. The number of nitrogens with one attached hydrogen (secondary N) is 1. The van der Waals surface area contributed by atoms with Crippen LogP contribution < -0.4 is 11.3 Å². The highest BCUT2D eigenvalue weighted by Crippen LogP contribution is 2.35. The minimum Gasteiger partial charge on any atom is -0.290 e. The molecule has 1 rings (SSSR count). The van der Waals surface area contributed by atoms with Gasteiger partial charge in [-0.1, -0.05) is 23.2 Å². The molecule has 1 amide bonds. The second-order valence-corrected chi connectivity index (χ2v) is 3.60. The van der Waals surface area contributed by atoms with E-state index in [0.29, 0.717) is 12.1 Å². The molecule has 0 saturated carbocycles. The molecule has 0 heterocycles. The van der Waals surface area contributed by atoms with Gasteiger partial charge in [-0.05, 0) is 12.1 Å². The predicted molar refractivity (Wildman–Crippen MR) is 53.1 cm³/mol. The van der Waals surface area contributed by atoms with Crippen LogP contribution in [0.3, 0.4) is 0 Å². The third-order valence-corrected chi connectivity index (χ3v) is 2.32. The van der Waals surface area contributed by atoms with Crippen molar-refractivity contribution in [3.63, 3.8) is 0 Å². The van der Waals surface area contributed by atoms with Gasteiger partial charge in [0.1, 0.15) is 0 Å². The van der Waals surface area contributed by atoms with Crippen molar-refractivity contribution in [2.75, 3.05) is 0 Å². The minimum absolute atomic E-state index is 0.293. The van der Waals surface area contributed by atoms with E-state index in [2.05, 4.69) is 0 Å². The second-order valence-electron chi connectivity index (χ2n) is 2.79. The molecule has 0 fully saturated rings. The number of amides is 1. The van der Waals surface area contributed by atoms with Gasteiger partial charge in [0, 0.05) is 0 Å². The van der Waals surface area contributed by atoms with Gasteiger partial charge in [-0.25, -0.2) is 5.84 Å². The van der Waals surface area contributed by atoms with Gasteiger partial charge in [-0.2, -0.15) is 13.2 Å². The van der Waals surface area contributed by atoms with Crippen LogP contribution in [-0.2, 0) is 6.18 Å². The first-order valence-electron chi connectivity index (χ1n) is 3.84. The molecule has 0 radical (unpaired) electrons. The summed E-state index contributed by atoms with van der Waals surface area (Å²) in [6.45, 7) is 0. The van der Waals surface area contributed by atoms with E-state index in [1.54, 1.807) is 5.43 Å². The average Bonchev–Trinajstić information content (AvgIpc) is 2.14. The molecule has 0 aliphatic heterocycles. The molecule has 0 atom stereocenters. The average molecular weight is 273 g/mol. The maximum atomic E-state index is 12.3. The monoisotopic (exact) mass is 272 g/mol. The van der Waals surface area contributed by atoms with E-state index in [-0.39, 0.29) is 5.56 Å². The highest BCUT2D eigenvalue weighted by molar-refractivity contribution is 6.39. The van der Waals surface area contributed by atoms with E-state index < -0.39 is 27.7 Å². The topological polar surface area (TPSA) is 55.1 Å². The van der Waals surface area contributed by atoms with Gasteiger partial charge in [0.25, 0.3) is 5.91 Å². The van der Waals surface area contributed by atoms with E-state index in [1.807, 2.05) is 0 Å². The molecule has 0 spiro atoms. The van der Waals surface area contributed by atoms with Gasteiger partial charge in [0.05, 0.1) is 21.2 Å². The van der Waals surface area contributed by atoms with Gasteiger partial charge in [-0.15, -0.1) is 0 Å². The van der Waals surface area contributed by atoms with Crippen LogP contribution in [-0.4, -0.2) is 5.91 Å². The summed E-state index contributed by atoms with van der Waals surface area (Å²) in [5.74, 6) is 3.97. The molecule has 0 aromatic heterocycles. The molecule has 0 aliphatic carbocycles. The van der Waals surface area contributed by atoms with Crippen LogP contribution in [0.5, 0.6) is 0 Å². The summed E-state index contributed by atoms with van der Waals surface area (Å²) >= 11 is 11.0. The van der Waals surface area contributed by atoms with Crippen molar-refractivity contribution < 1.29 is 18.0 Å². The molecule has 16 heavy (non-hydrogen) atoms. The Balaban J connectivity index is 3.34. The van der Waals surface area contributed by atoms with Crippen molar-refractivity contribution in [2.45, 2.75) is 6.18 Å². The predicted octanol–water partition coefficient (Wildman–Crippen LogP) is 2.62. The van der Waals surface area contributed by atoms with Crippen LogP contribution in [0.1, 0.15) is 15.9 Å². The van der Waals surface area contributed by atoms with Crippen LogP contribution >= 0.6 is 23.2 Å². The lowest BCUT2D eigenvalue weighted by molar-refractivity contribution is -0.137. The SMILES string of the molecule is NNC(=O)c1c(Cl)cc(C(F)(F)F)cc1Cl. The summed E-state index contributed by atoms with van der Waals surface area (Å²) in [5, 5.41) is -0.828. The summed E-state index contributed by atoms with van der Waals surface area (Å²) < 4.78 is 37.0. The molecule has 1 aromatic carbocycles. The van der Waals surface area contributed by atoms with Crippen molar-refractivity contribution in [3.8, 4) is 0 Å². The largest absolute Gasteiger partial charge is 0.416 e. The third kappa shape index (κ3) is 2.58. The molecular weight excluding hydrogens is 268 g/mol. The van der Waals surface area contributed by atoms with E-state index in [0.717, 1.165) is 0 Å². The Bertz CT molecular complexity index is 411. The van der Waals surface area contributed by atoms with Crippen LogP contribution in [0, 0.1) is 0 Å². The number of benzene rings is 1. The zero-order valence-electron chi connectivity index (χ0n) is 7.53. The number of carbonyl (C=O) groups excluding carboxylic acids is 1. The molecule has 3 nitrogen and oxygen atoms in total. The van der Waals surface area contributed by atoms with E-state index in [9.17, 15) is 18.0 Å². The number of hydrazine groups is 1. The van der Waals surface area contributed by atoms with Gasteiger partial charge < -0.3 is 0 Å². The zero-order valence-corrected chi connectivity index (χ0v) is 9.04. The number of alkyl halides is 3.